The predicted octanol–water partition coefficient (Wildman–Crippen LogP) is 9.05. The first-order valence-corrected chi connectivity index (χ1v) is 41.2. The van der Waals surface area contributed by atoms with Crippen molar-refractivity contribution < 1.29 is 155 Å². The van der Waals surface area contributed by atoms with E-state index in [4.69, 9.17) is 75.8 Å². The van der Waals surface area contributed by atoms with Crippen LogP contribution in [0.15, 0.2) is 295 Å². The van der Waals surface area contributed by atoms with Gasteiger partial charge in [0.05, 0.1) is 6.61 Å². The van der Waals surface area contributed by atoms with Crippen molar-refractivity contribution in [1.82, 2.24) is 0 Å². The monoisotopic (exact) mass is 1820 g/mol. The minimum absolute atomic E-state index is 0.106. The molecule has 0 heterocycles. The number of ether oxygens (including phenoxy) is 16. The Morgan fingerprint density at radius 1 is 0.205 bits per heavy atom. The summed E-state index contributed by atoms with van der Waals surface area (Å²) in [5, 5.41) is 81.0. The third kappa shape index (κ3) is 36.9. The van der Waals surface area contributed by atoms with Gasteiger partial charge in [0, 0.05) is 72.3 Å². The lowest BCUT2D eigenvalue weighted by Gasteiger charge is -2.30. The van der Waals surface area contributed by atoms with Crippen LogP contribution in [0.1, 0.15) is 68.2 Å². The van der Waals surface area contributed by atoms with Crippen LogP contribution in [0, 0.1) is 0 Å². The fourth-order valence-electron chi connectivity index (χ4n) is 12.3. The lowest BCUT2D eigenvalue weighted by atomic mass is 9.73. The molecule has 0 fully saturated rings. The van der Waals surface area contributed by atoms with E-state index < -0.39 is 115 Å². The molecule has 0 saturated heterocycles. The van der Waals surface area contributed by atoms with Crippen LogP contribution in [0.2, 0.25) is 0 Å². The van der Waals surface area contributed by atoms with E-state index in [0.29, 0.717) is 46.0 Å². The molecule has 8 aromatic rings. The second-order valence-electron chi connectivity index (χ2n) is 28.8. The molecule has 0 radical (unpaired) electrons. The summed E-state index contributed by atoms with van der Waals surface area (Å²) in [5.41, 5.74) is 6.74. The summed E-state index contributed by atoms with van der Waals surface area (Å²) in [7, 11) is 0. The molecular weight excluding hydrogens is 1710 g/mol. The molecule has 0 bridgehead atoms. The van der Waals surface area contributed by atoms with Crippen molar-refractivity contribution in [2.24, 2.45) is 0 Å². The molecule has 10 atom stereocenters. The molecule has 0 amide bonds. The summed E-state index contributed by atoms with van der Waals surface area (Å²) in [6.45, 7) is 23.2. The van der Waals surface area contributed by atoms with Crippen LogP contribution in [0.3, 0.4) is 0 Å². The zero-order chi connectivity index (χ0) is 95.7. The summed E-state index contributed by atoms with van der Waals surface area (Å²) < 4.78 is 86.5. The largest absolute Gasteiger partial charge is 0.491 e. The van der Waals surface area contributed by atoms with Crippen LogP contribution in [0.4, 0.5) is 0 Å². The lowest BCUT2D eigenvalue weighted by Crippen LogP contribution is -2.30. The summed E-state index contributed by atoms with van der Waals surface area (Å²) in [4.78, 5) is 92.5. The normalized spacial score (nSPS) is 13.5. The topological polar surface area (TPSA) is 446 Å². The van der Waals surface area contributed by atoms with Crippen LogP contribution in [-0.2, 0) is 76.3 Å². The summed E-state index contributed by atoms with van der Waals surface area (Å²) >= 11 is 0. The quantitative estimate of drug-likeness (QED) is 0.01000. The van der Waals surface area contributed by atoms with Gasteiger partial charge in [-0.2, -0.15) is 0 Å². The van der Waals surface area contributed by atoms with Gasteiger partial charge < -0.3 is 117 Å². The first kappa shape index (κ1) is 105. The van der Waals surface area contributed by atoms with Gasteiger partial charge in [0.1, 0.15) is 188 Å². The maximum absolute atomic E-state index is 12.0. The van der Waals surface area contributed by atoms with Gasteiger partial charge in [0.2, 0.25) is 0 Å². The van der Waals surface area contributed by atoms with E-state index >= 15 is 0 Å². The number of rotatable bonds is 58. The van der Waals surface area contributed by atoms with Crippen molar-refractivity contribution in [2.75, 3.05) is 106 Å². The van der Waals surface area contributed by atoms with E-state index in [-0.39, 0.29) is 111 Å². The van der Waals surface area contributed by atoms with E-state index in [1.165, 1.54) is 0 Å². The molecule has 32 heteroatoms. The van der Waals surface area contributed by atoms with Crippen molar-refractivity contribution in [1.29, 1.82) is 0 Å². The zero-order valence-electron chi connectivity index (χ0n) is 72.4. The van der Waals surface area contributed by atoms with Crippen LogP contribution in [-0.4, -0.2) is 243 Å². The van der Waals surface area contributed by atoms with Crippen LogP contribution < -0.4 is 37.9 Å². The standard InChI is InChI=1S/C53H56O17.C47H52O15/c1-6-47(57)66-30-39(54)27-62-42-19-11-35(12-20-42)52(36-13-21-43(22-14-36)63-28-40(55)31-67-48(58)7-2)53(37-15-23-44(24-16-37)64-29-41(56)32-68-49(59)8-3)38-17-25-45(26-18-38)65-33-46(70-51(61)10-5)34-69-50(60)9-4;1-4-43(53)60-28-36(50)25-57-40-17-9-32(10-18-40)46(31-7-15-39(16-8-31)56-24-35(49)23-48)47(33-11-19-41(20-12-33)58-26-37(51)29-61-44(54)5-2)34-13-21-42(22-14-34)59-27-38(52)30-62-45(55)6-3/h6-26,39-41,46,52-56H,1-5,27-34H2;4-22,35-38,46-52H,1-3,23-30H2. The zero-order valence-corrected chi connectivity index (χ0v) is 72.4. The van der Waals surface area contributed by atoms with E-state index in [1.807, 2.05) is 97.1 Å². The Labute approximate surface area is 763 Å². The van der Waals surface area contributed by atoms with Crippen molar-refractivity contribution in [3.8, 4) is 46.0 Å². The Balaban J connectivity index is 0.000000363. The molecule has 0 aliphatic rings. The number of benzene rings is 8. The Kier molecular flexibility index (Phi) is 45.0. The smallest absolute Gasteiger partial charge is 0.330 e. The molecule has 8 rings (SSSR count). The molecule has 132 heavy (non-hydrogen) atoms. The van der Waals surface area contributed by atoms with Gasteiger partial charge in [-0.05, 0) is 142 Å². The molecule has 8 N–H and O–H groups in total. The average molecular weight is 1820 g/mol. The highest BCUT2D eigenvalue weighted by Crippen LogP contribution is 2.47. The van der Waals surface area contributed by atoms with Crippen molar-refractivity contribution >= 4 is 47.8 Å². The number of carbonyl (C=O) groups is 8. The third-order valence-corrected chi connectivity index (χ3v) is 18.9. The van der Waals surface area contributed by atoms with Crippen LogP contribution >= 0.6 is 0 Å². The Hall–Kier alpha value is -14.5. The molecular formula is C100H108O32. The third-order valence-electron chi connectivity index (χ3n) is 18.9. The molecule has 32 nitrogen and oxygen atoms in total. The van der Waals surface area contributed by atoms with Gasteiger partial charge in [-0.25, -0.2) is 38.4 Å². The fourth-order valence-corrected chi connectivity index (χ4v) is 12.3. The molecule has 0 aliphatic carbocycles. The molecule has 0 spiro atoms. The number of carbonyl (C=O) groups excluding carboxylic acids is 8. The number of esters is 8. The molecule has 700 valence electrons. The van der Waals surface area contributed by atoms with Crippen molar-refractivity contribution in [3.63, 3.8) is 0 Å². The minimum atomic E-state index is -1.11. The fraction of sp³-hybridized carbons (Fsp3) is 0.280. The predicted molar refractivity (Wildman–Crippen MR) is 480 cm³/mol. The van der Waals surface area contributed by atoms with Crippen LogP contribution in [0.25, 0.3) is 0 Å². The first-order valence-electron chi connectivity index (χ1n) is 41.2. The second-order valence-corrected chi connectivity index (χ2v) is 28.8. The highest BCUT2D eigenvalue weighted by Gasteiger charge is 2.32. The van der Waals surface area contributed by atoms with Gasteiger partial charge in [-0.3, -0.25) is 0 Å². The van der Waals surface area contributed by atoms with E-state index in [2.05, 4.69) is 52.6 Å². The molecule has 10 unspecified atom stereocenters. The average Bonchev–Trinajstić information content (AvgIpc) is 0.781. The number of aliphatic hydroxyl groups is 8. The first-order chi connectivity index (χ1) is 63.7. The van der Waals surface area contributed by atoms with E-state index in [9.17, 15) is 79.2 Å². The van der Waals surface area contributed by atoms with Gasteiger partial charge in [0.15, 0.2) is 6.10 Å². The summed E-state index contributed by atoms with van der Waals surface area (Å²) in [6, 6.07) is 58.2. The maximum atomic E-state index is 12.0. The second kappa shape index (κ2) is 56.8. The van der Waals surface area contributed by atoms with Gasteiger partial charge in [-0.15, -0.1) is 0 Å². The minimum Gasteiger partial charge on any atom is -0.491 e. The SMILES string of the molecule is C=CC(=O)OCC(O)COc1ccc(C(c2ccc(OCC(O)CO)cc2)C(c2ccc(OCC(O)COC(=O)C=C)cc2)c2ccc(OCC(O)COC(=O)C=C)cc2)cc1.C=CC(=O)OCC(O)COc1ccc(C(c2ccc(OCC(O)COC(=O)C=C)cc2)C(c2ccc(OCC(O)COC(=O)C=C)cc2)c2ccc(OCC(COC(=O)C=C)OC(=O)C=C)cc2)cc1. The van der Waals surface area contributed by atoms with Crippen LogP contribution in [0.5, 0.6) is 46.0 Å². The summed E-state index contributed by atoms with van der Waals surface area (Å²) in [5.74, 6) is -3.61. The molecule has 0 saturated carbocycles. The van der Waals surface area contributed by atoms with Crippen molar-refractivity contribution in [3.05, 3.63) is 340 Å². The highest BCUT2D eigenvalue weighted by molar-refractivity contribution is 5.84. The number of hydrogen-bond donors (Lipinski definition) is 8. The Bertz CT molecular complexity index is 4840. The Morgan fingerprint density at radius 2 is 0.348 bits per heavy atom. The molecule has 0 aromatic heterocycles. The van der Waals surface area contributed by atoms with Gasteiger partial charge in [-0.1, -0.05) is 150 Å². The summed E-state index contributed by atoms with van der Waals surface area (Å²) in [6.07, 6.45) is -0.629. The van der Waals surface area contributed by atoms with Gasteiger partial charge >= 0.3 is 47.8 Å². The van der Waals surface area contributed by atoms with E-state index in [0.717, 1.165) is 93.1 Å². The molecule has 8 aromatic carbocycles. The molecule has 0 aliphatic heterocycles. The maximum Gasteiger partial charge on any atom is 0.330 e. The number of hydrogen-bond acceptors (Lipinski definition) is 32. The van der Waals surface area contributed by atoms with Gasteiger partial charge in [0.25, 0.3) is 0 Å². The van der Waals surface area contributed by atoms with Crippen molar-refractivity contribution in [2.45, 2.75) is 72.5 Å². The lowest BCUT2D eigenvalue weighted by molar-refractivity contribution is -0.154. The number of aliphatic hydroxyl groups excluding tert-OH is 8. The highest BCUT2D eigenvalue weighted by atomic mass is 16.6. The Morgan fingerprint density at radius 3 is 0.500 bits per heavy atom. The van der Waals surface area contributed by atoms with E-state index in [1.54, 1.807) is 97.1 Å².